The van der Waals surface area contributed by atoms with Gasteiger partial charge in [0.2, 0.25) is 0 Å². The molecule has 5 rings (SSSR count). The van der Waals surface area contributed by atoms with Gasteiger partial charge in [-0.15, -0.1) is 0 Å². The molecule has 0 bridgehead atoms. The number of esters is 3. The Balaban J connectivity index is 1.60. The fraction of sp³-hybridized carbons (Fsp3) is 0.750. The second-order valence-electron chi connectivity index (χ2n) is 13.9. The maximum absolute atomic E-state index is 13.7. The lowest BCUT2D eigenvalue weighted by molar-refractivity contribution is -0.323. The Hall–Kier alpha value is -2.60. The Kier molecular flexibility index (Phi) is 7.36. The van der Waals surface area contributed by atoms with Crippen LogP contribution in [0, 0.1) is 22.7 Å². The smallest absolute Gasteiger partial charge is 0.334 e. The number of aliphatic hydroxyl groups is 3. The number of cyclic esters (lactones) is 1. The molecule has 3 N–H and O–H groups in total. The second-order valence-corrected chi connectivity index (χ2v) is 13.9. The minimum Gasteiger partial charge on any atom is -0.465 e. The van der Waals surface area contributed by atoms with Gasteiger partial charge in [0.1, 0.15) is 35.6 Å². The van der Waals surface area contributed by atoms with Crippen molar-refractivity contribution >= 4 is 23.7 Å². The molecule has 10 atom stereocenters. The maximum atomic E-state index is 13.7. The van der Waals surface area contributed by atoms with Crippen molar-refractivity contribution in [2.45, 2.75) is 115 Å². The molecule has 11 heteroatoms. The van der Waals surface area contributed by atoms with Gasteiger partial charge in [0.05, 0.1) is 23.0 Å². The van der Waals surface area contributed by atoms with Crippen LogP contribution in [-0.2, 0) is 38.1 Å². The number of carbonyl (C=O) groups is 4. The van der Waals surface area contributed by atoms with E-state index in [1.807, 2.05) is 0 Å². The van der Waals surface area contributed by atoms with Crippen molar-refractivity contribution in [3.05, 3.63) is 23.3 Å². The summed E-state index contributed by atoms with van der Waals surface area (Å²) >= 11 is 0. The van der Waals surface area contributed by atoms with Gasteiger partial charge in [0, 0.05) is 31.8 Å². The highest BCUT2D eigenvalue weighted by Gasteiger charge is 2.80. The summed E-state index contributed by atoms with van der Waals surface area (Å²) in [5.41, 5.74) is -8.76. The summed E-state index contributed by atoms with van der Waals surface area (Å²) in [5, 5.41) is 37.7. The first-order valence-electron chi connectivity index (χ1n) is 15.0. The van der Waals surface area contributed by atoms with Crippen molar-refractivity contribution < 1.29 is 53.4 Å². The Morgan fingerprint density at radius 1 is 1.07 bits per heavy atom. The molecule has 0 unspecified atom stereocenters. The van der Waals surface area contributed by atoms with Crippen LogP contribution in [0.5, 0.6) is 0 Å². The van der Waals surface area contributed by atoms with E-state index in [1.165, 1.54) is 32.9 Å². The Morgan fingerprint density at radius 3 is 2.35 bits per heavy atom. The number of hydrogen-bond donors (Lipinski definition) is 3. The lowest BCUT2D eigenvalue weighted by Crippen LogP contribution is -2.77. The average molecular weight is 605 g/mol. The number of carbonyl (C=O) groups excluding carboxylic acids is 4. The van der Waals surface area contributed by atoms with Crippen LogP contribution in [0.2, 0.25) is 0 Å². The molecule has 2 saturated carbocycles. The van der Waals surface area contributed by atoms with E-state index in [-0.39, 0.29) is 38.1 Å². The molecule has 0 aromatic rings. The first-order chi connectivity index (χ1) is 19.8. The van der Waals surface area contributed by atoms with Gasteiger partial charge >= 0.3 is 17.9 Å². The van der Waals surface area contributed by atoms with Crippen molar-refractivity contribution in [1.29, 1.82) is 0 Å². The molecule has 43 heavy (non-hydrogen) atoms. The van der Waals surface area contributed by atoms with Crippen LogP contribution in [0.3, 0.4) is 0 Å². The highest BCUT2D eigenvalue weighted by Crippen LogP contribution is 2.70. The van der Waals surface area contributed by atoms with E-state index in [0.717, 1.165) is 5.57 Å². The van der Waals surface area contributed by atoms with Gasteiger partial charge in [-0.2, -0.15) is 0 Å². The van der Waals surface area contributed by atoms with Crippen molar-refractivity contribution in [2.24, 2.45) is 22.7 Å². The number of allylic oxidation sites excluding steroid dienone is 1. The molecule has 238 valence electrons. The predicted octanol–water partition coefficient (Wildman–Crippen LogP) is 2.09. The van der Waals surface area contributed by atoms with E-state index in [9.17, 15) is 34.5 Å². The zero-order valence-corrected chi connectivity index (χ0v) is 26.0. The van der Waals surface area contributed by atoms with E-state index in [2.05, 4.69) is 0 Å². The molecule has 0 aromatic heterocycles. The molecule has 3 fully saturated rings. The normalized spacial score (nSPS) is 45.3. The quantitative estimate of drug-likeness (QED) is 0.311. The molecule has 2 aliphatic heterocycles. The van der Waals surface area contributed by atoms with E-state index >= 15 is 0 Å². The van der Waals surface area contributed by atoms with Crippen LogP contribution in [0.15, 0.2) is 23.3 Å². The second kappa shape index (κ2) is 9.95. The van der Waals surface area contributed by atoms with Crippen molar-refractivity contribution in [3.63, 3.8) is 0 Å². The highest BCUT2D eigenvalue weighted by molar-refractivity contribution is 5.97. The molecule has 1 saturated heterocycles. The zero-order valence-electron chi connectivity index (χ0n) is 26.0. The first kappa shape index (κ1) is 31.8. The number of rotatable bonds is 5. The third-order valence-corrected chi connectivity index (χ3v) is 12.2. The number of hydrogen-bond acceptors (Lipinski definition) is 11. The summed E-state index contributed by atoms with van der Waals surface area (Å²) < 4.78 is 23.2. The maximum Gasteiger partial charge on any atom is 0.334 e. The van der Waals surface area contributed by atoms with E-state index < -0.39 is 81.8 Å². The van der Waals surface area contributed by atoms with E-state index in [1.54, 1.807) is 27.7 Å². The van der Waals surface area contributed by atoms with Gasteiger partial charge in [-0.3, -0.25) is 14.4 Å². The lowest BCUT2D eigenvalue weighted by Gasteiger charge is -2.66. The van der Waals surface area contributed by atoms with E-state index in [4.69, 9.17) is 18.9 Å². The summed E-state index contributed by atoms with van der Waals surface area (Å²) in [7, 11) is 0. The molecule has 3 aliphatic carbocycles. The van der Waals surface area contributed by atoms with Crippen LogP contribution >= 0.6 is 0 Å². The third-order valence-electron chi connectivity index (χ3n) is 12.2. The van der Waals surface area contributed by atoms with Crippen LogP contribution in [0.1, 0.15) is 80.6 Å². The summed E-state index contributed by atoms with van der Waals surface area (Å²) in [4.78, 5) is 50.5. The van der Waals surface area contributed by atoms with Crippen LogP contribution < -0.4 is 0 Å². The molecule has 0 aromatic carbocycles. The molecule has 0 radical (unpaired) electrons. The van der Waals surface area contributed by atoms with Crippen LogP contribution in [0.4, 0.5) is 0 Å². The number of ketones is 1. The average Bonchev–Trinajstić information content (AvgIpc) is 3.17. The standard InChI is InChI=1S/C32H44O11/c1-17-14-25(43-26(36)18(17)2)28(6,37)32(39)13-12-31(38)22-15-41-29(7)24(42-20(4)34)9-8-23(35)27(29,5)21(22)10-11-30(31,32)16-40-19(3)33/h8-9,21-22,24-25,37-39H,10-16H2,1-7H3/t21-,22+,24-,25+,27-,28-,29-,30+,31+,32+/m0/s1. The fourth-order valence-corrected chi connectivity index (χ4v) is 9.22. The zero-order chi connectivity index (χ0) is 32.0. The number of ether oxygens (including phenoxy) is 4. The molecule has 5 aliphatic rings. The third kappa shape index (κ3) is 4.00. The Bertz CT molecular complexity index is 1320. The minimum absolute atomic E-state index is 0.00412. The highest BCUT2D eigenvalue weighted by atomic mass is 16.6. The number of fused-ring (bicyclic) bond motifs is 5. The fourth-order valence-electron chi connectivity index (χ4n) is 9.22. The predicted molar refractivity (Wildman–Crippen MR) is 150 cm³/mol. The van der Waals surface area contributed by atoms with Gasteiger partial charge in [0.15, 0.2) is 5.78 Å². The molecular formula is C32H44O11. The van der Waals surface area contributed by atoms with Crippen LogP contribution in [0.25, 0.3) is 0 Å². The minimum atomic E-state index is -2.07. The first-order valence-corrected chi connectivity index (χ1v) is 15.0. The van der Waals surface area contributed by atoms with Gasteiger partial charge in [0.25, 0.3) is 0 Å². The summed E-state index contributed by atoms with van der Waals surface area (Å²) in [6.45, 7) is 10.4. The SMILES string of the molecule is CC(=O)OC[C@]12CC[C@H]3[C@@H](CO[C@@]4(C)[C@@H](OC(C)=O)C=CC(=O)[C@]34C)[C@]1(O)CC[C@@]2(O)[C@@](C)(O)[C@H]1CC(C)=C(C)C(=O)O1. The Labute approximate surface area is 251 Å². The molecule has 0 amide bonds. The Morgan fingerprint density at radius 2 is 1.74 bits per heavy atom. The summed E-state index contributed by atoms with van der Waals surface area (Å²) in [6.07, 6.45) is 1.45. The molecular weight excluding hydrogens is 560 g/mol. The van der Waals surface area contributed by atoms with E-state index in [0.29, 0.717) is 12.0 Å². The van der Waals surface area contributed by atoms with Crippen molar-refractivity contribution in [3.8, 4) is 0 Å². The van der Waals surface area contributed by atoms with Gasteiger partial charge in [-0.25, -0.2) is 4.79 Å². The van der Waals surface area contributed by atoms with Gasteiger partial charge < -0.3 is 34.3 Å². The van der Waals surface area contributed by atoms with Crippen molar-refractivity contribution in [1.82, 2.24) is 0 Å². The summed E-state index contributed by atoms with van der Waals surface area (Å²) in [6, 6.07) is 0. The van der Waals surface area contributed by atoms with Crippen molar-refractivity contribution in [2.75, 3.05) is 13.2 Å². The van der Waals surface area contributed by atoms with Gasteiger partial charge in [-0.1, -0.05) is 5.57 Å². The largest absolute Gasteiger partial charge is 0.465 e. The van der Waals surface area contributed by atoms with Crippen LogP contribution in [-0.4, -0.2) is 86.8 Å². The summed E-state index contributed by atoms with van der Waals surface area (Å²) in [5.74, 6) is -3.15. The lowest BCUT2D eigenvalue weighted by atomic mass is 9.43. The monoisotopic (exact) mass is 604 g/mol. The molecule has 2 heterocycles. The van der Waals surface area contributed by atoms with Gasteiger partial charge in [-0.05, 0) is 78.4 Å². The molecule has 0 spiro atoms. The topological polar surface area (TPSA) is 166 Å². The molecule has 11 nitrogen and oxygen atoms in total.